The van der Waals surface area contributed by atoms with Crippen molar-refractivity contribution in [1.82, 2.24) is 29.6 Å². The zero-order valence-corrected chi connectivity index (χ0v) is 22.2. The Morgan fingerprint density at radius 2 is 2.13 bits per heavy atom. The number of rotatable bonds is 16. The van der Waals surface area contributed by atoms with E-state index in [1.165, 1.54) is 11.9 Å². The summed E-state index contributed by atoms with van der Waals surface area (Å²) in [5.41, 5.74) is 2.89. The van der Waals surface area contributed by atoms with Gasteiger partial charge in [0.1, 0.15) is 30.6 Å². The number of carboxylic acids is 1. The van der Waals surface area contributed by atoms with Gasteiger partial charge in [0.15, 0.2) is 5.65 Å². The largest absolute Gasteiger partial charge is 0.480 e. The lowest BCUT2D eigenvalue weighted by Gasteiger charge is -2.24. The van der Waals surface area contributed by atoms with Gasteiger partial charge in [0.25, 0.3) is 6.43 Å². The Kier molecular flexibility index (Phi) is 10.3. The number of nitrogens with zero attached hydrogens (tertiary/aromatic N) is 6. The molecule has 0 spiro atoms. The Bertz CT molecular complexity index is 1230. The smallest absolute Gasteiger partial charge is 0.326 e. The van der Waals surface area contributed by atoms with E-state index in [1.807, 2.05) is 0 Å². The summed E-state index contributed by atoms with van der Waals surface area (Å²) >= 11 is 0. The number of anilines is 2. The molecule has 0 fully saturated rings. The van der Waals surface area contributed by atoms with E-state index in [9.17, 15) is 18.7 Å². The molecule has 13 heteroatoms. The van der Waals surface area contributed by atoms with Crippen LogP contribution in [-0.2, 0) is 29.4 Å². The van der Waals surface area contributed by atoms with Crippen LogP contribution in [0.3, 0.4) is 0 Å². The zero-order chi connectivity index (χ0) is 27.6. The van der Waals surface area contributed by atoms with Gasteiger partial charge in [-0.1, -0.05) is 6.07 Å². The van der Waals surface area contributed by atoms with E-state index in [1.54, 1.807) is 17.9 Å². The lowest BCUT2D eigenvalue weighted by molar-refractivity contribution is -0.138. The SMILES string of the molecule is Cn1ncc2c(NC(CCN(CCCCc3ccc4c(n3)NCCC4)CCOCC(F)F)C(=O)O)ncnc21. The molecule has 0 aromatic carbocycles. The van der Waals surface area contributed by atoms with E-state index in [2.05, 4.69) is 42.7 Å². The van der Waals surface area contributed by atoms with E-state index < -0.39 is 25.0 Å². The number of halogens is 2. The molecular formula is C26H36F2N8O3. The average Bonchev–Trinajstić information content (AvgIpc) is 3.31. The van der Waals surface area contributed by atoms with E-state index in [4.69, 9.17) is 9.72 Å². The molecule has 3 aromatic rings. The number of nitrogens with one attached hydrogen (secondary N) is 2. The molecule has 212 valence electrons. The molecule has 11 nitrogen and oxygen atoms in total. The van der Waals surface area contributed by atoms with Crippen LogP contribution < -0.4 is 10.6 Å². The maximum atomic E-state index is 12.5. The van der Waals surface area contributed by atoms with Crippen LogP contribution >= 0.6 is 0 Å². The van der Waals surface area contributed by atoms with Crippen LogP contribution in [-0.4, -0.2) is 92.6 Å². The molecule has 1 aliphatic heterocycles. The highest BCUT2D eigenvalue weighted by atomic mass is 19.3. The van der Waals surface area contributed by atoms with Crippen LogP contribution in [0.2, 0.25) is 0 Å². The number of carbonyl (C=O) groups is 1. The second kappa shape index (κ2) is 14.1. The van der Waals surface area contributed by atoms with Crippen LogP contribution in [0.15, 0.2) is 24.7 Å². The number of hydrogen-bond acceptors (Lipinski definition) is 9. The van der Waals surface area contributed by atoms with E-state index >= 15 is 0 Å². The number of alkyl halides is 2. The molecule has 4 heterocycles. The monoisotopic (exact) mass is 546 g/mol. The number of aromatic nitrogens is 5. The lowest BCUT2D eigenvalue weighted by Crippen LogP contribution is -2.37. The van der Waals surface area contributed by atoms with Gasteiger partial charge in [0.05, 0.1) is 18.2 Å². The summed E-state index contributed by atoms with van der Waals surface area (Å²) in [5.74, 6) is 0.377. The van der Waals surface area contributed by atoms with Gasteiger partial charge in [-0.2, -0.15) is 5.10 Å². The van der Waals surface area contributed by atoms with Crippen LogP contribution in [0.1, 0.15) is 36.9 Å². The van der Waals surface area contributed by atoms with Crippen LogP contribution in [0.4, 0.5) is 20.4 Å². The van der Waals surface area contributed by atoms with Crippen molar-refractivity contribution in [3.05, 3.63) is 35.9 Å². The molecule has 3 N–H and O–H groups in total. The maximum Gasteiger partial charge on any atom is 0.326 e. The molecule has 0 amide bonds. The summed E-state index contributed by atoms with van der Waals surface area (Å²) in [6.07, 6.45) is 5.49. The third-order valence-electron chi connectivity index (χ3n) is 6.78. The van der Waals surface area contributed by atoms with E-state index in [0.717, 1.165) is 50.2 Å². The number of ether oxygens (including phenoxy) is 1. The number of aryl methyl sites for hydroxylation is 3. The first-order valence-corrected chi connectivity index (χ1v) is 13.3. The molecule has 0 bridgehead atoms. The molecule has 1 atom stereocenters. The van der Waals surface area contributed by atoms with Crippen LogP contribution in [0.5, 0.6) is 0 Å². The van der Waals surface area contributed by atoms with Crippen LogP contribution in [0, 0.1) is 0 Å². The topological polar surface area (TPSA) is 130 Å². The lowest BCUT2D eigenvalue weighted by atomic mass is 10.1. The van der Waals surface area contributed by atoms with Gasteiger partial charge < -0.3 is 25.4 Å². The third-order valence-corrected chi connectivity index (χ3v) is 6.78. The third kappa shape index (κ3) is 8.27. The fraction of sp³-hybridized carbons (Fsp3) is 0.577. The van der Waals surface area contributed by atoms with Gasteiger partial charge in [0, 0.05) is 32.4 Å². The maximum absolute atomic E-state index is 12.5. The summed E-state index contributed by atoms with van der Waals surface area (Å²) in [4.78, 5) is 27.2. The molecule has 0 saturated heterocycles. The summed E-state index contributed by atoms with van der Waals surface area (Å²) < 4.78 is 31.7. The summed E-state index contributed by atoms with van der Waals surface area (Å²) in [6.45, 7) is 2.05. The number of carboxylic acid groups (broad SMARTS) is 1. The molecule has 1 unspecified atom stereocenters. The van der Waals surface area contributed by atoms with Gasteiger partial charge in [-0.15, -0.1) is 0 Å². The first-order chi connectivity index (χ1) is 18.9. The van der Waals surface area contributed by atoms with Crippen molar-refractivity contribution in [2.45, 2.75) is 51.0 Å². The van der Waals surface area contributed by atoms with Crippen molar-refractivity contribution >= 4 is 28.6 Å². The van der Waals surface area contributed by atoms with Crippen molar-refractivity contribution in [2.75, 3.05) is 50.0 Å². The highest BCUT2D eigenvalue weighted by Crippen LogP contribution is 2.21. The number of fused-ring (bicyclic) bond motifs is 2. The Hall–Kier alpha value is -3.45. The second-order valence-corrected chi connectivity index (χ2v) is 9.66. The quantitative estimate of drug-likeness (QED) is 0.231. The van der Waals surface area contributed by atoms with Crippen molar-refractivity contribution in [2.24, 2.45) is 7.05 Å². The molecule has 1 aliphatic rings. The van der Waals surface area contributed by atoms with E-state index in [0.29, 0.717) is 36.5 Å². The predicted octanol–water partition coefficient (Wildman–Crippen LogP) is 2.98. The normalized spacial score (nSPS) is 14.0. The Morgan fingerprint density at radius 1 is 1.26 bits per heavy atom. The number of pyridine rings is 1. The van der Waals surface area contributed by atoms with Crippen molar-refractivity contribution in [1.29, 1.82) is 0 Å². The first kappa shape index (κ1) is 28.6. The molecule has 39 heavy (non-hydrogen) atoms. The molecule has 0 aliphatic carbocycles. The molecule has 3 aromatic heterocycles. The van der Waals surface area contributed by atoms with E-state index in [-0.39, 0.29) is 13.0 Å². The average molecular weight is 547 g/mol. The van der Waals surface area contributed by atoms with Gasteiger partial charge >= 0.3 is 5.97 Å². The fourth-order valence-corrected chi connectivity index (χ4v) is 4.66. The minimum atomic E-state index is -2.52. The first-order valence-electron chi connectivity index (χ1n) is 13.3. The molecule has 0 radical (unpaired) electrons. The zero-order valence-electron chi connectivity index (χ0n) is 22.2. The highest BCUT2D eigenvalue weighted by Gasteiger charge is 2.21. The highest BCUT2D eigenvalue weighted by molar-refractivity contribution is 5.88. The van der Waals surface area contributed by atoms with Crippen molar-refractivity contribution < 1.29 is 23.4 Å². The predicted molar refractivity (Wildman–Crippen MR) is 143 cm³/mol. The van der Waals surface area contributed by atoms with Crippen molar-refractivity contribution in [3.63, 3.8) is 0 Å². The molecule has 4 rings (SSSR count). The molecular weight excluding hydrogens is 510 g/mol. The Labute approximate surface area is 226 Å². The van der Waals surface area contributed by atoms with Gasteiger partial charge in [-0.25, -0.2) is 28.5 Å². The number of aliphatic carboxylic acids is 1. The van der Waals surface area contributed by atoms with Gasteiger partial charge in [0.2, 0.25) is 0 Å². The molecule has 0 saturated carbocycles. The summed E-state index contributed by atoms with van der Waals surface area (Å²) in [7, 11) is 1.75. The summed E-state index contributed by atoms with van der Waals surface area (Å²) in [5, 5.41) is 21.0. The fourth-order valence-electron chi connectivity index (χ4n) is 4.66. The standard InChI is InChI=1S/C26H36F2N8O3/c1-35-25-20(15-32-35)24(30-17-31-25)34-21(26(37)38)9-12-36(13-14-39-16-22(27)28)11-3-2-6-19-8-7-18-5-4-10-29-23(18)33-19/h7-8,15,17,21-22H,2-6,9-14,16H2,1H3,(H,29,33)(H,37,38)(H,30,31,34). The number of hydrogen-bond donors (Lipinski definition) is 3. The Balaban J connectivity index is 1.31. The minimum absolute atomic E-state index is 0.149. The summed E-state index contributed by atoms with van der Waals surface area (Å²) in [6, 6.07) is 3.32. The minimum Gasteiger partial charge on any atom is -0.480 e. The van der Waals surface area contributed by atoms with Gasteiger partial charge in [-0.3, -0.25) is 4.68 Å². The van der Waals surface area contributed by atoms with Crippen molar-refractivity contribution in [3.8, 4) is 0 Å². The number of unbranched alkanes of at least 4 members (excludes halogenated alkanes) is 1. The second-order valence-electron chi connectivity index (χ2n) is 9.66. The van der Waals surface area contributed by atoms with Crippen LogP contribution in [0.25, 0.3) is 11.0 Å². The van der Waals surface area contributed by atoms with Gasteiger partial charge in [-0.05, 0) is 56.7 Å². The Morgan fingerprint density at radius 3 is 2.95 bits per heavy atom.